The Bertz CT molecular complexity index is 359. The van der Waals surface area contributed by atoms with Crippen molar-refractivity contribution in [2.45, 2.75) is 32.7 Å². The Kier molecular flexibility index (Phi) is 4.07. The molecule has 0 radical (unpaired) electrons. The van der Waals surface area contributed by atoms with Crippen molar-refractivity contribution < 1.29 is 9.90 Å². The molecule has 3 heteroatoms. The SMILES string of the molecule is Cc1ccc(C(C)C(C)C(N)C(=O)O)cc1. The molecule has 0 aliphatic rings. The van der Waals surface area contributed by atoms with Crippen molar-refractivity contribution in [3.8, 4) is 0 Å². The fourth-order valence-electron chi connectivity index (χ4n) is 1.71. The summed E-state index contributed by atoms with van der Waals surface area (Å²) in [6.45, 7) is 5.92. The first-order valence-electron chi connectivity index (χ1n) is 5.48. The first-order valence-corrected chi connectivity index (χ1v) is 5.48. The minimum atomic E-state index is -0.938. The van der Waals surface area contributed by atoms with E-state index in [4.69, 9.17) is 10.8 Å². The van der Waals surface area contributed by atoms with Crippen molar-refractivity contribution in [1.29, 1.82) is 0 Å². The van der Waals surface area contributed by atoms with Crippen LogP contribution >= 0.6 is 0 Å². The van der Waals surface area contributed by atoms with Crippen LogP contribution in [0.2, 0.25) is 0 Å². The van der Waals surface area contributed by atoms with Gasteiger partial charge in [0.25, 0.3) is 0 Å². The standard InChI is InChI=1S/C13H19NO2/c1-8-4-6-11(7-5-8)9(2)10(3)12(14)13(15)16/h4-7,9-10,12H,14H2,1-3H3,(H,15,16). The molecule has 0 heterocycles. The van der Waals surface area contributed by atoms with Gasteiger partial charge in [0.2, 0.25) is 0 Å². The van der Waals surface area contributed by atoms with Gasteiger partial charge >= 0.3 is 5.97 Å². The van der Waals surface area contributed by atoms with E-state index in [9.17, 15) is 4.79 Å². The van der Waals surface area contributed by atoms with E-state index in [1.54, 1.807) is 0 Å². The molecule has 3 atom stereocenters. The van der Waals surface area contributed by atoms with Gasteiger partial charge in [0.15, 0.2) is 0 Å². The molecule has 3 nitrogen and oxygen atoms in total. The van der Waals surface area contributed by atoms with Crippen LogP contribution in [0, 0.1) is 12.8 Å². The van der Waals surface area contributed by atoms with Crippen molar-refractivity contribution >= 4 is 5.97 Å². The Balaban J connectivity index is 2.81. The molecule has 0 bridgehead atoms. The van der Waals surface area contributed by atoms with Gasteiger partial charge in [-0.2, -0.15) is 0 Å². The highest BCUT2D eigenvalue weighted by molar-refractivity contribution is 5.73. The van der Waals surface area contributed by atoms with E-state index in [-0.39, 0.29) is 11.8 Å². The van der Waals surface area contributed by atoms with Gasteiger partial charge in [-0.25, -0.2) is 0 Å². The number of hydrogen-bond acceptors (Lipinski definition) is 2. The van der Waals surface area contributed by atoms with E-state index in [1.807, 2.05) is 45.0 Å². The highest BCUT2D eigenvalue weighted by atomic mass is 16.4. The lowest BCUT2D eigenvalue weighted by Gasteiger charge is -2.23. The summed E-state index contributed by atoms with van der Waals surface area (Å²) in [6, 6.07) is 7.32. The zero-order valence-electron chi connectivity index (χ0n) is 9.97. The fourth-order valence-corrected chi connectivity index (χ4v) is 1.71. The lowest BCUT2D eigenvalue weighted by molar-refractivity contribution is -0.139. The molecule has 16 heavy (non-hydrogen) atoms. The van der Waals surface area contributed by atoms with Gasteiger partial charge < -0.3 is 10.8 Å². The minimum absolute atomic E-state index is 0.0831. The van der Waals surface area contributed by atoms with Crippen LogP contribution in [0.15, 0.2) is 24.3 Å². The van der Waals surface area contributed by atoms with Crippen molar-refractivity contribution in [3.05, 3.63) is 35.4 Å². The molecule has 0 fully saturated rings. The van der Waals surface area contributed by atoms with Crippen LogP contribution < -0.4 is 5.73 Å². The van der Waals surface area contributed by atoms with E-state index < -0.39 is 12.0 Å². The average molecular weight is 221 g/mol. The maximum absolute atomic E-state index is 10.8. The molecule has 3 N–H and O–H groups in total. The summed E-state index contributed by atoms with van der Waals surface area (Å²) >= 11 is 0. The Morgan fingerprint density at radius 2 is 1.75 bits per heavy atom. The van der Waals surface area contributed by atoms with Crippen molar-refractivity contribution in [3.63, 3.8) is 0 Å². The number of nitrogens with two attached hydrogens (primary N) is 1. The largest absolute Gasteiger partial charge is 0.480 e. The van der Waals surface area contributed by atoms with Gasteiger partial charge in [-0.15, -0.1) is 0 Å². The normalized spacial score (nSPS) is 16.5. The molecule has 0 aliphatic heterocycles. The van der Waals surface area contributed by atoms with Crippen LogP contribution in [0.4, 0.5) is 0 Å². The first kappa shape index (κ1) is 12.7. The molecular weight excluding hydrogens is 202 g/mol. The molecule has 0 saturated heterocycles. The number of aryl methyl sites for hydroxylation is 1. The van der Waals surface area contributed by atoms with Gasteiger partial charge in [0, 0.05) is 0 Å². The van der Waals surface area contributed by atoms with Gasteiger partial charge in [-0.05, 0) is 24.3 Å². The number of carboxylic acids is 1. The van der Waals surface area contributed by atoms with E-state index in [0.29, 0.717) is 0 Å². The fraction of sp³-hybridized carbons (Fsp3) is 0.462. The van der Waals surface area contributed by atoms with Gasteiger partial charge in [0.1, 0.15) is 6.04 Å². The summed E-state index contributed by atoms with van der Waals surface area (Å²) in [7, 11) is 0. The molecule has 0 saturated carbocycles. The summed E-state index contributed by atoms with van der Waals surface area (Å²) in [6.07, 6.45) is 0. The molecule has 0 aliphatic carbocycles. The summed E-state index contributed by atoms with van der Waals surface area (Å²) in [4.78, 5) is 10.8. The highest BCUT2D eigenvalue weighted by Crippen LogP contribution is 2.26. The predicted molar refractivity (Wildman–Crippen MR) is 64.4 cm³/mol. The van der Waals surface area contributed by atoms with Crippen molar-refractivity contribution in [1.82, 2.24) is 0 Å². The molecule has 0 aromatic heterocycles. The lowest BCUT2D eigenvalue weighted by atomic mass is 9.84. The van der Waals surface area contributed by atoms with Crippen LogP contribution in [-0.2, 0) is 4.79 Å². The van der Waals surface area contributed by atoms with Crippen LogP contribution in [0.5, 0.6) is 0 Å². The second-order valence-electron chi connectivity index (χ2n) is 4.42. The molecular formula is C13H19NO2. The number of hydrogen-bond donors (Lipinski definition) is 2. The molecule has 0 spiro atoms. The molecule has 1 rings (SSSR count). The van der Waals surface area contributed by atoms with Crippen LogP contribution in [0.3, 0.4) is 0 Å². The number of carbonyl (C=O) groups is 1. The van der Waals surface area contributed by atoms with Crippen molar-refractivity contribution in [2.75, 3.05) is 0 Å². The number of rotatable bonds is 4. The third-order valence-electron chi connectivity index (χ3n) is 3.24. The van der Waals surface area contributed by atoms with E-state index >= 15 is 0 Å². The zero-order valence-corrected chi connectivity index (χ0v) is 9.97. The van der Waals surface area contributed by atoms with Gasteiger partial charge in [0.05, 0.1) is 0 Å². The Morgan fingerprint density at radius 1 is 1.25 bits per heavy atom. The first-order chi connectivity index (χ1) is 7.43. The lowest BCUT2D eigenvalue weighted by Crippen LogP contribution is -2.38. The Hall–Kier alpha value is -1.35. The van der Waals surface area contributed by atoms with Crippen LogP contribution in [0.1, 0.15) is 30.9 Å². The second kappa shape index (κ2) is 5.12. The molecule has 0 amide bonds. The Labute approximate surface area is 96.3 Å². The second-order valence-corrected chi connectivity index (χ2v) is 4.42. The molecule has 1 aromatic rings. The van der Waals surface area contributed by atoms with E-state index in [1.165, 1.54) is 5.56 Å². The quantitative estimate of drug-likeness (QED) is 0.818. The smallest absolute Gasteiger partial charge is 0.320 e. The van der Waals surface area contributed by atoms with Crippen LogP contribution in [-0.4, -0.2) is 17.1 Å². The zero-order chi connectivity index (χ0) is 12.3. The maximum Gasteiger partial charge on any atom is 0.320 e. The van der Waals surface area contributed by atoms with Crippen molar-refractivity contribution in [2.24, 2.45) is 11.7 Å². The monoisotopic (exact) mass is 221 g/mol. The summed E-state index contributed by atoms with van der Waals surface area (Å²) in [5.74, 6) is -0.877. The molecule has 1 aromatic carbocycles. The Morgan fingerprint density at radius 3 is 2.19 bits per heavy atom. The van der Waals surface area contributed by atoms with Crippen LogP contribution in [0.25, 0.3) is 0 Å². The van der Waals surface area contributed by atoms with E-state index in [2.05, 4.69) is 0 Å². The average Bonchev–Trinajstić information content (AvgIpc) is 2.27. The van der Waals surface area contributed by atoms with E-state index in [0.717, 1.165) is 5.56 Å². The topological polar surface area (TPSA) is 63.3 Å². The summed E-state index contributed by atoms with van der Waals surface area (Å²) < 4.78 is 0. The molecule has 3 unspecified atom stereocenters. The number of benzene rings is 1. The van der Waals surface area contributed by atoms with Gasteiger partial charge in [-0.1, -0.05) is 43.7 Å². The highest BCUT2D eigenvalue weighted by Gasteiger charge is 2.25. The summed E-state index contributed by atoms with van der Waals surface area (Å²) in [5, 5.41) is 8.87. The third kappa shape index (κ3) is 2.83. The third-order valence-corrected chi connectivity index (χ3v) is 3.24. The minimum Gasteiger partial charge on any atom is -0.480 e. The number of aliphatic carboxylic acids is 1. The number of carboxylic acid groups (broad SMARTS) is 1. The summed E-state index contributed by atoms with van der Waals surface area (Å²) in [5.41, 5.74) is 7.96. The maximum atomic E-state index is 10.8. The van der Waals surface area contributed by atoms with Gasteiger partial charge in [-0.3, -0.25) is 4.79 Å². The predicted octanol–water partition coefficient (Wildman–Crippen LogP) is 2.15. The molecule has 88 valence electrons.